The first-order valence-corrected chi connectivity index (χ1v) is 9.89. The summed E-state index contributed by atoms with van der Waals surface area (Å²) in [5.41, 5.74) is 0. The molecule has 1 aliphatic heterocycles. The lowest BCUT2D eigenvalue weighted by Crippen LogP contribution is -2.34. The molecule has 0 aromatic carbocycles. The van der Waals surface area contributed by atoms with Gasteiger partial charge in [-0.1, -0.05) is 0 Å². The van der Waals surface area contributed by atoms with Crippen molar-refractivity contribution in [3.63, 3.8) is 0 Å². The lowest BCUT2D eigenvalue weighted by atomic mass is 10.4. The van der Waals surface area contributed by atoms with E-state index in [0.29, 0.717) is 13.1 Å². The second-order valence-electron chi connectivity index (χ2n) is 5.07. The molecule has 0 unspecified atom stereocenters. The molecule has 2 rings (SSSR count). The number of sulfonamides is 1. The summed E-state index contributed by atoms with van der Waals surface area (Å²) in [5.74, 6) is -1.81. The van der Waals surface area contributed by atoms with E-state index in [1.54, 1.807) is 6.92 Å². The van der Waals surface area contributed by atoms with Crippen LogP contribution in [-0.2, 0) is 24.3 Å². The Hall–Kier alpha value is -1.98. The van der Waals surface area contributed by atoms with Gasteiger partial charge in [0.15, 0.2) is 6.61 Å². The average molecular weight is 390 g/mol. The summed E-state index contributed by atoms with van der Waals surface area (Å²) in [5, 5.41) is 3.34. The van der Waals surface area contributed by atoms with E-state index in [1.165, 1.54) is 15.8 Å². The van der Waals surface area contributed by atoms with Crippen LogP contribution in [0.5, 0.6) is 0 Å². The number of nitrogens with zero attached hydrogens (tertiary/aromatic N) is 1. The van der Waals surface area contributed by atoms with Gasteiger partial charge >= 0.3 is 12.1 Å². The summed E-state index contributed by atoms with van der Waals surface area (Å²) in [6.45, 7) is 1.76. The fourth-order valence-electron chi connectivity index (χ4n) is 2.23. The first-order chi connectivity index (χ1) is 11.9. The Balaban J connectivity index is 2.00. The molecule has 0 radical (unpaired) electrons. The van der Waals surface area contributed by atoms with Crippen LogP contribution in [0.3, 0.4) is 0 Å². The molecule has 1 saturated heterocycles. The van der Waals surface area contributed by atoms with Crippen molar-refractivity contribution in [2.75, 3.05) is 26.3 Å². The number of hydrogen-bond acceptors (Lipinski definition) is 8. The molecule has 1 aromatic rings. The van der Waals surface area contributed by atoms with E-state index in [-0.39, 0.29) is 16.4 Å². The van der Waals surface area contributed by atoms with Gasteiger partial charge in [0.05, 0.1) is 6.61 Å². The van der Waals surface area contributed by atoms with Crippen molar-refractivity contribution in [2.24, 2.45) is 0 Å². The van der Waals surface area contributed by atoms with Crippen molar-refractivity contribution >= 4 is 39.3 Å². The van der Waals surface area contributed by atoms with Crippen LogP contribution in [0.15, 0.2) is 16.3 Å². The highest BCUT2D eigenvalue weighted by molar-refractivity contribution is 7.89. The van der Waals surface area contributed by atoms with Gasteiger partial charge in [-0.3, -0.25) is 10.1 Å². The topological polar surface area (TPSA) is 119 Å². The lowest BCUT2D eigenvalue weighted by molar-refractivity contribution is -0.123. The van der Waals surface area contributed by atoms with Crippen LogP contribution in [0.1, 0.15) is 29.4 Å². The Morgan fingerprint density at radius 3 is 2.56 bits per heavy atom. The van der Waals surface area contributed by atoms with E-state index in [1.807, 2.05) is 5.32 Å². The molecule has 1 N–H and O–H groups in total. The molecule has 0 aliphatic carbocycles. The van der Waals surface area contributed by atoms with Gasteiger partial charge in [0.25, 0.3) is 5.91 Å². The zero-order chi connectivity index (χ0) is 18.4. The minimum absolute atomic E-state index is 0.0891. The molecule has 0 saturated carbocycles. The van der Waals surface area contributed by atoms with Crippen molar-refractivity contribution in [3.05, 3.63) is 16.3 Å². The summed E-state index contributed by atoms with van der Waals surface area (Å²) in [7, 11) is -3.77. The van der Waals surface area contributed by atoms with E-state index < -0.39 is 34.6 Å². The third-order valence-electron chi connectivity index (χ3n) is 3.35. The maximum absolute atomic E-state index is 12.6. The van der Waals surface area contributed by atoms with E-state index in [0.717, 1.165) is 24.2 Å². The summed E-state index contributed by atoms with van der Waals surface area (Å²) in [4.78, 5) is 34.4. The van der Waals surface area contributed by atoms with Crippen LogP contribution in [-0.4, -0.2) is 57.0 Å². The van der Waals surface area contributed by atoms with E-state index in [9.17, 15) is 22.8 Å². The van der Waals surface area contributed by atoms with Crippen LogP contribution >= 0.6 is 11.3 Å². The van der Waals surface area contributed by atoms with E-state index in [2.05, 4.69) is 4.74 Å². The average Bonchev–Trinajstić information content (AvgIpc) is 3.24. The highest BCUT2D eigenvalue weighted by Gasteiger charge is 2.32. The van der Waals surface area contributed by atoms with Gasteiger partial charge in [0.2, 0.25) is 10.0 Å². The minimum atomic E-state index is -3.77. The number of carbonyl (C=O) groups excluding carboxylic acids is 3. The molecule has 1 aliphatic rings. The maximum atomic E-state index is 12.6. The highest BCUT2D eigenvalue weighted by atomic mass is 32.2. The number of ether oxygens (including phenoxy) is 2. The van der Waals surface area contributed by atoms with Gasteiger partial charge in [0, 0.05) is 13.1 Å². The number of esters is 1. The van der Waals surface area contributed by atoms with E-state index >= 15 is 0 Å². The van der Waals surface area contributed by atoms with Crippen molar-refractivity contribution in [3.8, 4) is 0 Å². The molecule has 1 fully saturated rings. The Morgan fingerprint density at radius 1 is 1.24 bits per heavy atom. The Labute approximate surface area is 148 Å². The van der Waals surface area contributed by atoms with Crippen LogP contribution in [0.2, 0.25) is 0 Å². The Morgan fingerprint density at radius 2 is 1.92 bits per heavy atom. The molecule has 0 bridgehead atoms. The maximum Gasteiger partial charge on any atom is 0.413 e. The van der Waals surface area contributed by atoms with Crippen molar-refractivity contribution in [1.82, 2.24) is 9.62 Å². The van der Waals surface area contributed by atoms with Crippen LogP contribution in [0.25, 0.3) is 0 Å². The molecule has 0 atom stereocenters. The largest absolute Gasteiger partial charge is 0.451 e. The zero-order valence-electron chi connectivity index (χ0n) is 13.5. The summed E-state index contributed by atoms with van der Waals surface area (Å²) in [6, 6.07) is 1.34. The van der Waals surface area contributed by atoms with Crippen molar-refractivity contribution in [1.29, 1.82) is 0 Å². The Bertz CT molecular complexity index is 751. The Kier molecular flexibility index (Phi) is 6.51. The van der Waals surface area contributed by atoms with Gasteiger partial charge in [0.1, 0.15) is 9.77 Å². The van der Waals surface area contributed by atoms with Gasteiger partial charge in [-0.25, -0.2) is 18.0 Å². The van der Waals surface area contributed by atoms with E-state index in [4.69, 9.17) is 4.74 Å². The summed E-state index contributed by atoms with van der Waals surface area (Å²) >= 11 is 0.913. The first kappa shape index (κ1) is 19.3. The molecular formula is C14H18N2O7S2. The number of amides is 2. The zero-order valence-corrected chi connectivity index (χ0v) is 15.2. The third kappa shape index (κ3) is 4.77. The predicted octanol–water partition coefficient (Wildman–Crippen LogP) is 0.962. The predicted molar refractivity (Wildman–Crippen MR) is 87.8 cm³/mol. The monoisotopic (exact) mass is 390 g/mol. The van der Waals surface area contributed by atoms with Crippen molar-refractivity contribution in [2.45, 2.75) is 24.7 Å². The standard InChI is InChI=1S/C14H18N2O7S2/c1-2-22-14(19)15-11(17)9-23-13(18)12-10(5-8-24-12)25(20,21)16-6-3-4-7-16/h5,8H,2-4,6-7,9H2,1H3,(H,15,17,19). The summed E-state index contributed by atoms with van der Waals surface area (Å²) in [6.07, 6.45) is 0.603. The smallest absolute Gasteiger partial charge is 0.413 e. The number of carbonyl (C=O) groups is 3. The molecule has 0 spiro atoms. The minimum Gasteiger partial charge on any atom is -0.451 e. The molecule has 138 valence electrons. The normalized spacial score (nSPS) is 14.9. The number of thiophene rings is 1. The molecule has 25 heavy (non-hydrogen) atoms. The van der Waals surface area contributed by atoms with Crippen LogP contribution < -0.4 is 5.32 Å². The molecular weight excluding hydrogens is 372 g/mol. The highest BCUT2D eigenvalue weighted by Crippen LogP contribution is 2.28. The molecule has 11 heteroatoms. The summed E-state index contributed by atoms with van der Waals surface area (Å²) < 4.78 is 35.8. The molecule has 2 heterocycles. The molecule has 2 amide bonds. The SMILES string of the molecule is CCOC(=O)NC(=O)COC(=O)c1sccc1S(=O)(=O)N1CCCC1. The number of rotatable bonds is 6. The second-order valence-corrected chi connectivity index (χ2v) is 7.89. The fraction of sp³-hybridized carbons (Fsp3) is 0.500. The number of imide groups is 1. The number of hydrogen-bond donors (Lipinski definition) is 1. The van der Waals surface area contributed by atoms with Crippen molar-refractivity contribution < 1.29 is 32.3 Å². The molecule has 9 nitrogen and oxygen atoms in total. The van der Waals surface area contributed by atoms with Gasteiger partial charge in [-0.05, 0) is 31.2 Å². The van der Waals surface area contributed by atoms with Gasteiger partial charge in [-0.2, -0.15) is 4.31 Å². The van der Waals surface area contributed by atoms with Crippen LogP contribution in [0.4, 0.5) is 4.79 Å². The number of alkyl carbamates (subject to hydrolysis) is 1. The second kappa shape index (κ2) is 8.41. The van der Waals surface area contributed by atoms with Gasteiger partial charge < -0.3 is 9.47 Å². The first-order valence-electron chi connectivity index (χ1n) is 7.57. The fourth-order valence-corrected chi connectivity index (χ4v) is 5.03. The van der Waals surface area contributed by atoms with Crippen LogP contribution in [0, 0.1) is 0 Å². The molecule has 1 aromatic heterocycles. The third-order valence-corrected chi connectivity index (χ3v) is 6.31. The lowest BCUT2D eigenvalue weighted by Gasteiger charge is -2.15. The quantitative estimate of drug-likeness (QED) is 0.719. The van der Waals surface area contributed by atoms with Gasteiger partial charge in [-0.15, -0.1) is 11.3 Å². The number of nitrogens with one attached hydrogen (secondary N) is 1.